The quantitative estimate of drug-likeness (QED) is 0.369. The van der Waals surface area contributed by atoms with E-state index < -0.39 is 17.3 Å². The van der Waals surface area contributed by atoms with Crippen molar-refractivity contribution >= 4 is 50.7 Å². The minimum absolute atomic E-state index is 0.123. The largest absolute Gasteiger partial charge is 0.451 e. The Kier molecular flexibility index (Phi) is 5.68. The van der Waals surface area contributed by atoms with Crippen molar-refractivity contribution < 1.29 is 18.4 Å². The second-order valence-corrected chi connectivity index (χ2v) is 9.69. The Morgan fingerprint density at radius 1 is 1.05 bits per heavy atom. The lowest BCUT2D eigenvalue weighted by molar-refractivity contribution is 0.0683. The molecule has 10 nitrogen and oxygen atoms in total. The Morgan fingerprint density at radius 3 is 2.68 bits per heavy atom. The maximum atomic E-state index is 12.9. The van der Waals surface area contributed by atoms with Crippen LogP contribution in [0.5, 0.6) is 0 Å². The van der Waals surface area contributed by atoms with Gasteiger partial charge < -0.3 is 19.1 Å². The van der Waals surface area contributed by atoms with Crippen molar-refractivity contribution in [3.8, 4) is 0 Å². The molecule has 0 atom stereocenters. The van der Waals surface area contributed by atoms with Crippen LogP contribution < -0.4 is 16.7 Å². The lowest BCUT2D eigenvalue weighted by atomic mass is 9.97. The summed E-state index contributed by atoms with van der Waals surface area (Å²) in [4.78, 5) is 57.7. The van der Waals surface area contributed by atoms with Gasteiger partial charge in [-0.2, -0.15) is 0 Å². The number of thiazole rings is 1. The highest BCUT2D eigenvalue weighted by molar-refractivity contribution is 7.10. The molecule has 6 rings (SSSR count). The zero-order chi connectivity index (χ0) is 25.5. The van der Waals surface area contributed by atoms with Gasteiger partial charge in [-0.1, -0.05) is 18.2 Å². The molecule has 1 saturated heterocycles. The fourth-order valence-corrected chi connectivity index (χ4v) is 5.49. The number of carbonyl (C=O) groups is 2. The first-order chi connectivity index (χ1) is 17.9. The Bertz CT molecular complexity index is 1740. The molecule has 0 saturated carbocycles. The molecule has 0 spiro atoms. The van der Waals surface area contributed by atoms with Crippen molar-refractivity contribution in [2.75, 3.05) is 18.4 Å². The van der Waals surface area contributed by atoms with Crippen molar-refractivity contribution in [2.24, 2.45) is 0 Å². The van der Waals surface area contributed by atoms with Gasteiger partial charge in [-0.15, -0.1) is 11.3 Å². The van der Waals surface area contributed by atoms with Crippen molar-refractivity contribution in [3.63, 3.8) is 0 Å². The third kappa shape index (κ3) is 4.45. The van der Waals surface area contributed by atoms with Crippen molar-refractivity contribution in [3.05, 3.63) is 91.3 Å². The summed E-state index contributed by atoms with van der Waals surface area (Å²) in [7, 11) is 0. The van der Waals surface area contributed by atoms with Gasteiger partial charge in [0.2, 0.25) is 0 Å². The summed E-state index contributed by atoms with van der Waals surface area (Å²) in [5, 5.41) is 6.32. The first-order valence-electron chi connectivity index (χ1n) is 11.7. The van der Waals surface area contributed by atoms with Crippen LogP contribution in [0.15, 0.2) is 72.3 Å². The smallest absolute Gasteiger partial charge is 0.419 e. The predicted octanol–water partition coefficient (Wildman–Crippen LogP) is 3.96. The number of hydrogen-bond acceptors (Lipinski definition) is 8. The molecular weight excluding hydrogens is 496 g/mol. The van der Waals surface area contributed by atoms with Crippen molar-refractivity contribution in [1.82, 2.24) is 14.9 Å². The van der Waals surface area contributed by atoms with Crippen LogP contribution in [0.3, 0.4) is 0 Å². The molecule has 4 heterocycles. The number of likely N-dealkylation sites (tertiary alicyclic amines) is 1. The van der Waals surface area contributed by atoms with Crippen LogP contribution in [-0.2, 0) is 0 Å². The number of H-pyrrole nitrogens is 1. The van der Waals surface area contributed by atoms with E-state index in [9.17, 15) is 19.2 Å². The maximum Gasteiger partial charge on any atom is 0.419 e. The highest BCUT2D eigenvalue weighted by Crippen LogP contribution is 2.31. The Hall–Kier alpha value is -4.51. The third-order valence-electron chi connectivity index (χ3n) is 6.44. The highest BCUT2D eigenvalue weighted by atomic mass is 32.1. The summed E-state index contributed by atoms with van der Waals surface area (Å²) in [6, 6.07) is 13.9. The predicted molar refractivity (Wildman–Crippen MR) is 137 cm³/mol. The van der Waals surface area contributed by atoms with E-state index in [1.165, 1.54) is 23.5 Å². The fraction of sp³-hybridized carbons (Fsp3) is 0.192. The average Bonchev–Trinajstić information content (AvgIpc) is 3.57. The molecule has 1 aliphatic heterocycles. The van der Waals surface area contributed by atoms with E-state index >= 15 is 0 Å². The molecular formula is C26H20N4O6S. The van der Waals surface area contributed by atoms with Gasteiger partial charge in [-0.25, -0.2) is 14.6 Å². The van der Waals surface area contributed by atoms with Crippen LogP contribution in [0.25, 0.3) is 21.9 Å². The second kappa shape index (κ2) is 9.17. The minimum atomic E-state index is -0.839. The van der Waals surface area contributed by atoms with E-state index in [4.69, 9.17) is 4.42 Å². The van der Waals surface area contributed by atoms with Gasteiger partial charge in [0.1, 0.15) is 11.3 Å². The number of aromatic amines is 1. The molecule has 1 aliphatic rings. The van der Waals surface area contributed by atoms with Gasteiger partial charge in [-0.3, -0.25) is 14.6 Å². The summed E-state index contributed by atoms with van der Waals surface area (Å²) in [5.74, 6) is -0.886. The van der Waals surface area contributed by atoms with Crippen LogP contribution in [0.2, 0.25) is 0 Å². The number of hydrogen-bond donors (Lipinski definition) is 2. The summed E-state index contributed by atoms with van der Waals surface area (Å²) < 4.78 is 10.3. The van der Waals surface area contributed by atoms with Crippen LogP contribution in [-0.4, -0.2) is 39.8 Å². The summed E-state index contributed by atoms with van der Waals surface area (Å²) in [6.07, 6.45) is 1.47. The molecule has 3 aromatic heterocycles. The number of rotatable bonds is 4. The molecule has 186 valence electrons. The van der Waals surface area contributed by atoms with E-state index in [0.717, 1.165) is 23.2 Å². The molecule has 5 aromatic rings. The van der Waals surface area contributed by atoms with Crippen LogP contribution in [0, 0.1) is 0 Å². The summed E-state index contributed by atoms with van der Waals surface area (Å²) in [6.45, 7) is 1.15. The SMILES string of the molecule is O=C(Nc1ccc2[nH]c(=O)oc(=O)c2c1)c1csc(C2CCN(C(=O)c3cc4ccccc4o3)CC2)n1. The highest BCUT2D eigenvalue weighted by Gasteiger charge is 2.28. The van der Waals surface area contributed by atoms with E-state index in [0.29, 0.717) is 35.6 Å². The van der Waals surface area contributed by atoms with E-state index in [1.54, 1.807) is 22.4 Å². The fourth-order valence-electron chi connectivity index (χ4n) is 4.52. The minimum Gasteiger partial charge on any atom is -0.451 e. The number of para-hydroxylation sites is 1. The number of benzene rings is 2. The summed E-state index contributed by atoms with van der Waals surface area (Å²) >= 11 is 1.41. The van der Waals surface area contributed by atoms with Crippen molar-refractivity contribution in [2.45, 2.75) is 18.8 Å². The number of nitrogens with zero attached hydrogens (tertiary/aromatic N) is 2. The zero-order valence-corrected chi connectivity index (χ0v) is 20.2. The topological polar surface area (TPSA) is 139 Å². The first kappa shape index (κ1) is 22.9. The molecule has 0 bridgehead atoms. The molecule has 1 fully saturated rings. The molecule has 0 aliphatic carbocycles. The number of nitrogens with one attached hydrogen (secondary N) is 2. The average molecular weight is 517 g/mol. The lowest BCUT2D eigenvalue weighted by Crippen LogP contribution is -2.37. The Labute approximate surface area is 212 Å². The lowest BCUT2D eigenvalue weighted by Gasteiger charge is -2.30. The Morgan fingerprint density at radius 2 is 1.86 bits per heavy atom. The number of furan rings is 1. The molecule has 2 N–H and O–H groups in total. The van der Waals surface area contributed by atoms with E-state index in [1.807, 2.05) is 24.3 Å². The van der Waals surface area contributed by atoms with E-state index in [2.05, 4.69) is 19.7 Å². The summed E-state index contributed by atoms with van der Waals surface area (Å²) in [5.41, 5.74) is 0.880. The molecule has 37 heavy (non-hydrogen) atoms. The van der Waals surface area contributed by atoms with Gasteiger partial charge >= 0.3 is 11.4 Å². The monoisotopic (exact) mass is 516 g/mol. The number of fused-ring (bicyclic) bond motifs is 2. The van der Waals surface area contributed by atoms with Crippen LogP contribution >= 0.6 is 11.3 Å². The molecule has 2 amide bonds. The molecule has 11 heteroatoms. The maximum absolute atomic E-state index is 12.9. The second-order valence-electron chi connectivity index (χ2n) is 8.80. The van der Waals surface area contributed by atoms with Crippen LogP contribution in [0.4, 0.5) is 5.69 Å². The number of aromatic nitrogens is 2. The first-order valence-corrected chi connectivity index (χ1v) is 12.5. The molecule has 2 aromatic carbocycles. The van der Waals surface area contributed by atoms with Crippen molar-refractivity contribution in [1.29, 1.82) is 0 Å². The molecule has 0 radical (unpaired) electrons. The third-order valence-corrected chi connectivity index (χ3v) is 7.45. The van der Waals surface area contributed by atoms with Gasteiger partial charge in [0.15, 0.2) is 5.76 Å². The number of carbonyl (C=O) groups excluding carboxylic acids is 2. The number of piperidine rings is 1. The molecule has 0 unspecified atom stereocenters. The Balaban J connectivity index is 1.10. The van der Waals surface area contributed by atoms with Gasteiger partial charge in [0.25, 0.3) is 11.8 Å². The van der Waals surface area contributed by atoms with Gasteiger partial charge in [0, 0.05) is 35.5 Å². The normalized spacial score (nSPS) is 14.3. The standard InChI is InChI=1S/C26H20N4O6S/c31-22(27-16-5-6-18-17(12-16)25(33)36-26(34)29-18)19-13-37-23(28-19)14-7-9-30(10-8-14)24(32)21-11-15-3-1-2-4-20(15)35-21/h1-6,11-14H,7-10H2,(H,27,31)(H,29,34). The zero-order valence-electron chi connectivity index (χ0n) is 19.4. The number of anilines is 1. The number of amides is 2. The van der Waals surface area contributed by atoms with Gasteiger partial charge in [-0.05, 0) is 43.2 Å². The van der Waals surface area contributed by atoms with E-state index in [-0.39, 0.29) is 22.9 Å². The van der Waals surface area contributed by atoms with Crippen LogP contribution in [0.1, 0.15) is 44.8 Å². The van der Waals surface area contributed by atoms with Gasteiger partial charge in [0.05, 0.1) is 15.9 Å².